The largest absolute Gasteiger partial charge is 0.300 e. The first kappa shape index (κ1) is 15.6. The highest BCUT2D eigenvalue weighted by Gasteiger charge is 2.43. The summed E-state index contributed by atoms with van der Waals surface area (Å²) in [6.07, 6.45) is 4.78. The molecule has 1 aliphatic rings. The molecule has 0 unspecified atom stereocenters. The van der Waals surface area contributed by atoms with E-state index in [1.54, 1.807) is 0 Å². The van der Waals surface area contributed by atoms with Gasteiger partial charge in [-0.25, -0.2) is 0 Å². The van der Waals surface area contributed by atoms with Gasteiger partial charge in [-0.1, -0.05) is 59.2 Å². The van der Waals surface area contributed by atoms with E-state index in [9.17, 15) is 4.79 Å². The molecule has 116 valence electrons. The maximum Gasteiger partial charge on any atom is 0.236 e. The number of amides is 1. The zero-order valence-corrected chi connectivity index (χ0v) is 14.8. The van der Waals surface area contributed by atoms with E-state index in [0.717, 1.165) is 47.1 Å². The van der Waals surface area contributed by atoms with Gasteiger partial charge < -0.3 is 0 Å². The van der Waals surface area contributed by atoms with Gasteiger partial charge in [-0.3, -0.25) is 10.1 Å². The normalized spacial score (nSPS) is 16.6. The Labute approximate surface area is 142 Å². The smallest absolute Gasteiger partial charge is 0.236 e. The minimum absolute atomic E-state index is 0.0473. The summed E-state index contributed by atoms with van der Waals surface area (Å²) in [7, 11) is 0. The topological polar surface area (TPSA) is 54.9 Å². The average Bonchev–Trinajstić information content (AvgIpc) is 3.17. The van der Waals surface area contributed by atoms with Crippen LogP contribution in [-0.4, -0.2) is 16.1 Å². The molecular formula is C16H18BrN3OS. The number of rotatable bonds is 4. The molecule has 0 saturated heterocycles. The first-order chi connectivity index (χ1) is 10.6. The number of aromatic nitrogens is 2. The summed E-state index contributed by atoms with van der Waals surface area (Å²) in [6, 6.07) is 8.10. The predicted molar refractivity (Wildman–Crippen MR) is 92.2 cm³/mol. The Kier molecular flexibility index (Phi) is 4.59. The number of nitrogens with one attached hydrogen (secondary N) is 1. The fourth-order valence-electron chi connectivity index (χ4n) is 3.06. The van der Waals surface area contributed by atoms with Crippen LogP contribution < -0.4 is 5.32 Å². The third-order valence-corrected chi connectivity index (χ3v) is 5.79. The number of carbonyl (C=O) groups excluding carboxylic acids is 1. The molecule has 1 aliphatic carbocycles. The van der Waals surface area contributed by atoms with Crippen molar-refractivity contribution in [3.05, 3.63) is 39.3 Å². The van der Waals surface area contributed by atoms with Crippen LogP contribution in [-0.2, 0) is 16.6 Å². The van der Waals surface area contributed by atoms with Crippen molar-refractivity contribution in [2.75, 3.05) is 5.32 Å². The van der Waals surface area contributed by atoms with E-state index in [0.29, 0.717) is 5.13 Å². The zero-order chi connectivity index (χ0) is 15.6. The van der Waals surface area contributed by atoms with Crippen molar-refractivity contribution in [3.8, 4) is 0 Å². The quantitative estimate of drug-likeness (QED) is 0.860. The molecule has 4 nitrogen and oxygen atoms in total. The number of anilines is 1. The summed E-state index contributed by atoms with van der Waals surface area (Å²) >= 11 is 4.91. The van der Waals surface area contributed by atoms with Gasteiger partial charge in [0.15, 0.2) is 0 Å². The summed E-state index contributed by atoms with van der Waals surface area (Å²) in [5.41, 5.74) is 0.657. The minimum atomic E-state index is -0.432. The van der Waals surface area contributed by atoms with Gasteiger partial charge in [0.05, 0.1) is 5.41 Å². The summed E-state index contributed by atoms with van der Waals surface area (Å²) in [6.45, 7) is 2.03. The number of carbonyl (C=O) groups is 1. The number of nitrogens with zero attached hydrogens (tertiary/aromatic N) is 2. The number of halogens is 1. The van der Waals surface area contributed by atoms with Crippen molar-refractivity contribution in [2.45, 2.75) is 44.4 Å². The van der Waals surface area contributed by atoms with E-state index in [-0.39, 0.29) is 5.91 Å². The fourth-order valence-corrected chi connectivity index (χ4v) is 4.00. The molecule has 0 atom stereocenters. The monoisotopic (exact) mass is 379 g/mol. The van der Waals surface area contributed by atoms with Crippen molar-refractivity contribution < 1.29 is 4.79 Å². The van der Waals surface area contributed by atoms with Crippen molar-refractivity contribution in [2.24, 2.45) is 0 Å². The molecule has 6 heteroatoms. The molecule has 1 saturated carbocycles. The molecule has 1 heterocycles. The Balaban J connectivity index is 1.86. The van der Waals surface area contributed by atoms with Crippen molar-refractivity contribution in [1.29, 1.82) is 0 Å². The van der Waals surface area contributed by atoms with Crippen LogP contribution in [0.1, 0.15) is 43.2 Å². The van der Waals surface area contributed by atoms with E-state index in [2.05, 4.69) is 31.4 Å². The Morgan fingerprint density at radius 2 is 1.95 bits per heavy atom. The Morgan fingerprint density at radius 3 is 2.55 bits per heavy atom. The summed E-state index contributed by atoms with van der Waals surface area (Å²) in [4.78, 5) is 12.9. The second-order valence-corrected chi connectivity index (χ2v) is 7.58. The zero-order valence-electron chi connectivity index (χ0n) is 12.4. The maximum atomic E-state index is 12.9. The molecule has 0 bridgehead atoms. The lowest BCUT2D eigenvalue weighted by molar-refractivity contribution is -0.121. The lowest BCUT2D eigenvalue weighted by atomic mass is 9.78. The van der Waals surface area contributed by atoms with Gasteiger partial charge >= 0.3 is 0 Å². The van der Waals surface area contributed by atoms with E-state index >= 15 is 0 Å². The predicted octanol–water partition coefficient (Wildman–Crippen LogP) is 4.31. The third-order valence-electron chi connectivity index (χ3n) is 4.28. The van der Waals surface area contributed by atoms with Crippen LogP contribution in [0.3, 0.4) is 0 Å². The first-order valence-electron chi connectivity index (χ1n) is 7.54. The van der Waals surface area contributed by atoms with Crippen molar-refractivity contribution >= 4 is 38.3 Å². The minimum Gasteiger partial charge on any atom is -0.300 e. The SMILES string of the molecule is CCc1nnc(NC(=O)C2(c3ccc(Br)cc3)CCCC2)s1. The van der Waals surface area contributed by atoms with Crippen molar-refractivity contribution in [1.82, 2.24) is 10.2 Å². The van der Waals surface area contributed by atoms with Crippen LogP contribution >= 0.6 is 27.3 Å². The Bertz CT molecular complexity index is 662. The average molecular weight is 380 g/mol. The highest BCUT2D eigenvalue weighted by Crippen LogP contribution is 2.42. The van der Waals surface area contributed by atoms with Crippen LogP contribution in [0.5, 0.6) is 0 Å². The Morgan fingerprint density at radius 1 is 1.27 bits per heavy atom. The van der Waals surface area contributed by atoms with Gasteiger partial charge in [0, 0.05) is 4.47 Å². The van der Waals surface area contributed by atoms with Crippen LogP contribution in [0, 0.1) is 0 Å². The molecule has 0 spiro atoms. The summed E-state index contributed by atoms with van der Waals surface area (Å²) < 4.78 is 1.03. The van der Waals surface area contributed by atoms with Crippen LogP contribution in [0.4, 0.5) is 5.13 Å². The maximum absolute atomic E-state index is 12.9. The van der Waals surface area contributed by atoms with Gasteiger partial charge in [-0.2, -0.15) is 0 Å². The van der Waals surface area contributed by atoms with Gasteiger partial charge in [-0.05, 0) is 37.0 Å². The second-order valence-electron chi connectivity index (χ2n) is 5.60. The lowest BCUT2D eigenvalue weighted by Crippen LogP contribution is -2.37. The molecule has 0 radical (unpaired) electrons. The molecule has 1 aromatic heterocycles. The summed E-state index contributed by atoms with van der Waals surface area (Å²) in [5, 5.41) is 12.7. The highest BCUT2D eigenvalue weighted by molar-refractivity contribution is 9.10. The molecule has 1 aromatic carbocycles. The molecule has 1 amide bonds. The number of hydrogen-bond donors (Lipinski definition) is 1. The van der Waals surface area contributed by atoms with Gasteiger partial charge in [0.1, 0.15) is 5.01 Å². The van der Waals surface area contributed by atoms with E-state index in [4.69, 9.17) is 0 Å². The van der Waals surface area contributed by atoms with Crippen molar-refractivity contribution in [3.63, 3.8) is 0 Å². The van der Waals surface area contributed by atoms with Crippen LogP contribution in [0.15, 0.2) is 28.7 Å². The Hall–Kier alpha value is -1.27. The molecule has 1 fully saturated rings. The highest BCUT2D eigenvalue weighted by atomic mass is 79.9. The lowest BCUT2D eigenvalue weighted by Gasteiger charge is -2.27. The molecule has 0 aliphatic heterocycles. The number of aryl methyl sites for hydroxylation is 1. The molecular weight excluding hydrogens is 362 g/mol. The molecule has 1 N–H and O–H groups in total. The first-order valence-corrected chi connectivity index (χ1v) is 9.15. The third kappa shape index (κ3) is 2.94. The van der Waals surface area contributed by atoms with Crippen LogP contribution in [0.25, 0.3) is 0 Å². The van der Waals surface area contributed by atoms with Crippen LogP contribution in [0.2, 0.25) is 0 Å². The number of benzene rings is 1. The molecule has 3 rings (SSSR count). The van der Waals surface area contributed by atoms with Gasteiger partial charge in [0.2, 0.25) is 11.0 Å². The standard InChI is InChI=1S/C16H18BrN3OS/c1-2-13-19-20-15(22-13)18-14(21)16(9-3-4-10-16)11-5-7-12(17)8-6-11/h5-8H,2-4,9-10H2,1H3,(H,18,20,21). The van der Waals surface area contributed by atoms with Gasteiger partial charge in [-0.15, -0.1) is 10.2 Å². The molecule has 2 aromatic rings. The van der Waals surface area contributed by atoms with Gasteiger partial charge in [0.25, 0.3) is 0 Å². The van der Waals surface area contributed by atoms with E-state index < -0.39 is 5.41 Å². The van der Waals surface area contributed by atoms with E-state index in [1.165, 1.54) is 11.3 Å². The number of hydrogen-bond acceptors (Lipinski definition) is 4. The summed E-state index contributed by atoms with van der Waals surface area (Å²) in [5.74, 6) is 0.0473. The second kappa shape index (κ2) is 6.46. The fraction of sp³-hybridized carbons (Fsp3) is 0.438. The van der Waals surface area contributed by atoms with E-state index in [1.807, 2.05) is 31.2 Å². The molecule has 22 heavy (non-hydrogen) atoms.